The van der Waals surface area contributed by atoms with E-state index in [1.54, 1.807) is 18.7 Å². The number of carbonyl (C=O) groups excluding carboxylic acids is 12. The van der Waals surface area contributed by atoms with Crippen LogP contribution >= 0.6 is 0 Å². The Bertz CT molecular complexity index is 2960. The molecule has 1 spiro atoms. The van der Waals surface area contributed by atoms with Crippen LogP contribution in [0.5, 0.6) is 0 Å². The van der Waals surface area contributed by atoms with Crippen molar-refractivity contribution in [2.75, 3.05) is 75.0 Å². The fourth-order valence-corrected chi connectivity index (χ4v) is 16.6. The Balaban J connectivity index is 1.28. The van der Waals surface area contributed by atoms with Gasteiger partial charge in [-0.2, -0.15) is 13.2 Å². The van der Waals surface area contributed by atoms with E-state index >= 15 is 33.2 Å². The average Bonchev–Trinajstić information content (AvgIpc) is 1.52. The number of hydrogen-bond acceptors (Lipinski definition) is 12. The van der Waals surface area contributed by atoms with Crippen molar-refractivity contribution in [3.05, 3.63) is 0 Å². The molecule has 3 N–H and O–H groups in total. The molecule has 4 aliphatic heterocycles. The molecule has 3 saturated carbocycles. The van der Waals surface area contributed by atoms with Gasteiger partial charge in [0.05, 0.1) is 18.9 Å². The second kappa shape index (κ2) is 35.7. The molecule has 4 saturated heterocycles. The number of nitrogens with one attached hydrogen (secondary N) is 3. The zero-order valence-electron chi connectivity index (χ0n) is 62.4. The highest BCUT2D eigenvalue weighted by molar-refractivity contribution is 6.01. The summed E-state index contributed by atoms with van der Waals surface area (Å²) in [5.41, 5.74) is -1.59. The number of amides is 12. The summed E-state index contributed by atoms with van der Waals surface area (Å²) >= 11 is 0. The molecule has 12 amide bonds. The van der Waals surface area contributed by atoms with E-state index in [0.29, 0.717) is 58.0 Å². The van der Waals surface area contributed by atoms with Crippen LogP contribution in [0.2, 0.25) is 0 Å². The standard InChI is InChI=1S/C73H118F4N12O12/c1-14-45(5)60-69(99)82(9)47(7)64(94)89-38-32-54(89)67(97)84(11)56(41-48-25-18-16-19-26-48)66(96)81(8)43-58(90)78-52(31-29-49-28-30-50(51(74)40-49)73(75,76)77)65(95)88-37-24-27-53(88)63(93)80-72(33-20-21-34-72)71(101)86(13)61(46(6)15-2)70(100)85(12)57(68(98)87-35-22-17-23-36-87)42-59(91)83(10)55(39-44(3)4)62(92)79-60/h44-57,60-61H,14-43H2,1-13H3,(H,78,90)(H,79,92)(H,80,93)/t45-,46-,47-,49?,50?,51?,52-,53-,54-,55-,56-,57-,60-,61-/m0/s1. The molecule has 24 nitrogen and oxygen atoms in total. The van der Waals surface area contributed by atoms with Gasteiger partial charge < -0.3 is 60.0 Å². The monoisotopic (exact) mass is 1430 g/mol. The van der Waals surface area contributed by atoms with E-state index in [4.69, 9.17) is 0 Å². The van der Waals surface area contributed by atoms with Gasteiger partial charge in [0.25, 0.3) is 0 Å². The van der Waals surface area contributed by atoms with Gasteiger partial charge in [-0.25, -0.2) is 4.39 Å². The van der Waals surface area contributed by atoms with E-state index in [9.17, 15) is 41.9 Å². The van der Waals surface area contributed by atoms with E-state index in [1.165, 1.54) is 83.5 Å². The molecule has 3 unspecified atom stereocenters. The summed E-state index contributed by atoms with van der Waals surface area (Å²) in [6.45, 7) is 12.8. The van der Waals surface area contributed by atoms with E-state index in [0.717, 1.165) is 43.4 Å². The van der Waals surface area contributed by atoms with Crippen LogP contribution in [0.1, 0.15) is 209 Å². The molecular weight excluding hydrogens is 1310 g/mol. The molecule has 7 fully saturated rings. The minimum atomic E-state index is -4.75. The molecule has 101 heavy (non-hydrogen) atoms. The first kappa shape index (κ1) is 81.7. The van der Waals surface area contributed by atoms with Crippen molar-refractivity contribution in [2.45, 2.75) is 281 Å². The molecule has 0 aromatic carbocycles. The van der Waals surface area contributed by atoms with Gasteiger partial charge in [0.15, 0.2) is 0 Å². The second-order valence-corrected chi connectivity index (χ2v) is 31.2. The maximum atomic E-state index is 15.6. The first-order valence-corrected chi connectivity index (χ1v) is 37.7. The van der Waals surface area contributed by atoms with Gasteiger partial charge in [-0.1, -0.05) is 99.3 Å². The smallest absolute Gasteiger partial charge is 0.343 e. The molecule has 7 aliphatic rings. The number of likely N-dealkylation sites (tertiary alicyclic amines) is 1. The van der Waals surface area contributed by atoms with E-state index in [1.807, 2.05) is 27.7 Å². The largest absolute Gasteiger partial charge is 0.394 e. The Morgan fingerprint density at radius 3 is 1.78 bits per heavy atom. The van der Waals surface area contributed by atoms with Crippen LogP contribution < -0.4 is 16.0 Å². The number of halogens is 4. The molecule has 4 heterocycles. The normalized spacial score (nSPS) is 31.1. The maximum Gasteiger partial charge on any atom is 0.394 e. The zero-order valence-corrected chi connectivity index (χ0v) is 62.4. The van der Waals surface area contributed by atoms with Crippen LogP contribution in [0.4, 0.5) is 17.6 Å². The number of carbonyl (C=O) groups is 12. The lowest BCUT2D eigenvalue weighted by Gasteiger charge is -2.45. The Kier molecular flexibility index (Phi) is 28.9. The van der Waals surface area contributed by atoms with E-state index in [2.05, 4.69) is 16.0 Å². The number of rotatable bonds is 12. The lowest BCUT2D eigenvalue weighted by atomic mass is 9.78. The molecule has 0 bridgehead atoms. The molecule has 7 rings (SSSR count). The van der Waals surface area contributed by atoms with E-state index < -0.39 is 193 Å². The summed E-state index contributed by atoms with van der Waals surface area (Å²) in [6, 6.07) is -11.0. The van der Waals surface area contributed by atoms with Crippen molar-refractivity contribution in [1.82, 2.24) is 60.0 Å². The fraction of sp³-hybridized carbons (Fsp3) is 0.836. The van der Waals surface area contributed by atoms with Gasteiger partial charge in [-0.15, -0.1) is 0 Å². The molecule has 0 aromatic heterocycles. The number of likely N-dealkylation sites (N-methyl/N-ethyl adjacent to an activating group) is 6. The predicted molar refractivity (Wildman–Crippen MR) is 370 cm³/mol. The lowest BCUT2D eigenvalue weighted by Crippen LogP contribution is -2.65. The van der Waals surface area contributed by atoms with Gasteiger partial charge >= 0.3 is 6.18 Å². The molecular formula is C73H118F4N12O12. The Morgan fingerprint density at radius 2 is 1.20 bits per heavy atom. The molecule has 28 heteroatoms. The van der Waals surface area contributed by atoms with E-state index in [-0.39, 0.29) is 82.7 Å². The molecule has 570 valence electrons. The maximum absolute atomic E-state index is 15.6. The summed E-state index contributed by atoms with van der Waals surface area (Å²) in [6.07, 6.45) is 1.16. The van der Waals surface area contributed by atoms with Crippen molar-refractivity contribution in [1.29, 1.82) is 0 Å². The third-order valence-electron chi connectivity index (χ3n) is 23.8. The third-order valence-corrected chi connectivity index (χ3v) is 23.8. The summed E-state index contributed by atoms with van der Waals surface area (Å²) in [7, 11) is 8.63. The number of fused-ring (bicyclic) bond motifs is 2. The average molecular weight is 1430 g/mol. The molecule has 14 atom stereocenters. The van der Waals surface area contributed by atoms with Crippen LogP contribution in [0.15, 0.2) is 0 Å². The highest BCUT2D eigenvalue weighted by Crippen LogP contribution is 2.43. The van der Waals surface area contributed by atoms with Gasteiger partial charge in [0.1, 0.15) is 66.1 Å². The second-order valence-electron chi connectivity index (χ2n) is 31.2. The van der Waals surface area contributed by atoms with Gasteiger partial charge in [-0.05, 0) is 133 Å². The van der Waals surface area contributed by atoms with Crippen LogP contribution in [0.25, 0.3) is 0 Å². The minimum absolute atomic E-state index is 0.000141. The van der Waals surface area contributed by atoms with Gasteiger partial charge in [0.2, 0.25) is 70.9 Å². The molecule has 0 radical (unpaired) electrons. The minimum Gasteiger partial charge on any atom is -0.343 e. The zero-order chi connectivity index (χ0) is 74.7. The number of alkyl halides is 4. The van der Waals surface area contributed by atoms with Crippen LogP contribution in [-0.4, -0.2) is 262 Å². The summed E-state index contributed by atoms with van der Waals surface area (Å²) < 4.78 is 56.9. The Morgan fingerprint density at radius 1 is 0.574 bits per heavy atom. The van der Waals surface area contributed by atoms with Crippen LogP contribution in [0.3, 0.4) is 0 Å². The predicted octanol–water partition coefficient (Wildman–Crippen LogP) is 6.21. The Hall–Kier alpha value is -6.64. The van der Waals surface area contributed by atoms with Crippen LogP contribution in [0, 0.1) is 35.5 Å². The van der Waals surface area contributed by atoms with Crippen molar-refractivity contribution in [2.24, 2.45) is 35.5 Å². The number of piperidine rings is 1. The van der Waals surface area contributed by atoms with Crippen molar-refractivity contribution in [3.8, 4) is 0 Å². The summed E-state index contributed by atoms with van der Waals surface area (Å²) in [5, 5.41) is 8.77. The highest BCUT2D eigenvalue weighted by atomic mass is 19.4. The van der Waals surface area contributed by atoms with Crippen molar-refractivity contribution in [3.63, 3.8) is 0 Å². The third kappa shape index (κ3) is 19.4. The lowest BCUT2D eigenvalue weighted by molar-refractivity contribution is -0.201. The number of nitrogens with zero attached hydrogens (tertiary/aromatic N) is 9. The first-order chi connectivity index (χ1) is 47.6. The highest BCUT2D eigenvalue weighted by Gasteiger charge is 2.53. The summed E-state index contributed by atoms with van der Waals surface area (Å²) in [4.78, 5) is 192. The first-order valence-electron chi connectivity index (χ1n) is 37.7. The van der Waals surface area contributed by atoms with Gasteiger partial charge in [-0.3, -0.25) is 57.5 Å². The van der Waals surface area contributed by atoms with Crippen molar-refractivity contribution >= 4 is 70.9 Å². The Labute approximate surface area is 595 Å². The fourth-order valence-electron chi connectivity index (χ4n) is 16.6. The molecule has 0 aromatic rings. The topological polar surface area (TPSA) is 270 Å². The van der Waals surface area contributed by atoms with Crippen LogP contribution in [-0.2, 0) is 57.5 Å². The summed E-state index contributed by atoms with van der Waals surface area (Å²) in [5.74, 6) is -11.6. The van der Waals surface area contributed by atoms with Gasteiger partial charge in [0, 0.05) is 68.5 Å². The number of hydrogen-bond donors (Lipinski definition) is 3. The molecule has 3 aliphatic carbocycles. The van der Waals surface area contributed by atoms with Crippen molar-refractivity contribution < 1.29 is 75.1 Å². The SMILES string of the molecule is CC[C@H](C)[C@@H]1NC(=O)[C@H](CC(C)C)N(C)C(=O)C[C@@H](C(=O)N2CCCCC2)N(C)C(=O)[C@H]([C@@H](C)CC)N(C)C(=O)C2(CCCC2)NC(=O)[C@@H]2CCCN2C(=O)[C@H](CCC2CCC(C(F)(F)F)C(F)C2)NC(=O)CN(C)C(=O)[C@H](CC2CCCCC2)N(C)C(=O)[C@@H]2CCN2C(=O)[C@H](C)N(C)C1=O. The quantitative estimate of drug-likeness (QED) is 0.184.